The van der Waals surface area contributed by atoms with Gasteiger partial charge >= 0.3 is 0 Å². The smallest absolute Gasteiger partial charge is 0.199 e. The van der Waals surface area contributed by atoms with Crippen molar-refractivity contribution in [1.29, 1.82) is 0 Å². The van der Waals surface area contributed by atoms with E-state index in [1.54, 1.807) is 19.2 Å². The maximum Gasteiger partial charge on any atom is 0.199 e. The van der Waals surface area contributed by atoms with E-state index in [-0.39, 0.29) is 6.10 Å². The van der Waals surface area contributed by atoms with E-state index >= 15 is 0 Å². The first kappa shape index (κ1) is 17.7. The topological polar surface area (TPSA) is 44.5 Å². The zero-order valence-corrected chi connectivity index (χ0v) is 16.8. The van der Waals surface area contributed by atoms with Crippen LogP contribution in [-0.2, 0) is 6.42 Å². The summed E-state index contributed by atoms with van der Waals surface area (Å²) in [6, 6.07) is 9.58. The molecule has 6 heteroatoms. The molecule has 4 rings (SSSR count). The molecule has 1 aromatic heterocycles. The zero-order valence-electron chi connectivity index (χ0n) is 14.4. The molecule has 0 aliphatic heterocycles. The number of rotatable bonds is 5. The maximum atomic E-state index is 6.17. The first-order valence-electron chi connectivity index (χ1n) is 8.70. The molecule has 136 valence electrons. The highest BCUT2D eigenvalue weighted by Crippen LogP contribution is 2.34. The molecule has 0 bridgehead atoms. The van der Waals surface area contributed by atoms with Crippen LogP contribution in [0, 0.1) is 0 Å². The summed E-state index contributed by atoms with van der Waals surface area (Å²) in [5.74, 6) is 2.19. The van der Waals surface area contributed by atoms with Gasteiger partial charge in [-0.2, -0.15) is 0 Å². The van der Waals surface area contributed by atoms with Crippen LogP contribution in [0.4, 0.5) is 0 Å². The molecule has 0 radical (unpaired) electrons. The molecule has 0 spiro atoms. The van der Waals surface area contributed by atoms with Crippen LogP contribution < -0.4 is 9.47 Å². The van der Waals surface area contributed by atoms with E-state index in [2.05, 4.69) is 20.9 Å². The second kappa shape index (κ2) is 7.49. The van der Waals surface area contributed by atoms with Crippen LogP contribution in [0.25, 0.3) is 11.1 Å². The molecule has 0 unspecified atom stereocenters. The van der Waals surface area contributed by atoms with Gasteiger partial charge in [0.2, 0.25) is 0 Å². The van der Waals surface area contributed by atoms with Gasteiger partial charge in [-0.1, -0.05) is 17.7 Å². The molecule has 26 heavy (non-hydrogen) atoms. The minimum Gasteiger partial charge on any atom is -0.493 e. The summed E-state index contributed by atoms with van der Waals surface area (Å²) in [6.45, 7) is 0. The molecule has 0 amide bonds. The van der Waals surface area contributed by atoms with Crippen molar-refractivity contribution in [2.75, 3.05) is 7.11 Å². The molecule has 2 aromatic carbocycles. The van der Waals surface area contributed by atoms with Crippen LogP contribution in [0.5, 0.6) is 11.5 Å². The Morgan fingerprint density at radius 3 is 2.77 bits per heavy atom. The lowest BCUT2D eigenvalue weighted by Crippen LogP contribution is -2.11. The van der Waals surface area contributed by atoms with Crippen LogP contribution in [-0.4, -0.2) is 18.2 Å². The summed E-state index contributed by atoms with van der Waals surface area (Å²) in [5.41, 5.74) is 2.52. The van der Waals surface area contributed by atoms with Gasteiger partial charge in [0.1, 0.15) is 5.52 Å². The predicted octanol–water partition coefficient (Wildman–Crippen LogP) is 6.16. The fraction of sp³-hybridized carbons (Fsp3) is 0.350. The molecular weight excluding hydrogens is 418 g/mol. The third-order valence-electron chi connectivity index (χ3n) is 4.63. The van der Waals surface area contributed by atoms with Gasteiger partial charge in [0, 0.05) is 11.4 Å². The molecule has 0 atom stereocenters. The molecule has 0 N–H and O–H groups in total. The van der Waals surface area contributed by atoms with Gasteiger partial charge in [0.25, 0.3) is 0 Å². The van der Waals surface area contributed by atoms with Gasteiger partial charge in [-0.25, -0.2) is 4.98 Å². The van der Waals surface area contributed by atoms with Gasteiger partial charge in [0.15, 0.2) is 23.0 Å². The number of hydrogen-bond acceptors (Lipinski definition) is 4. The van der Waals surface area contributed by atoms with Crippen LogP contribution in [0.3, 0.4) is 0 Å². The van der Waals surface area contributed by atoms with Crippen molar-refractivity contribution in [2.45, 2.75) is 38.2 Å². The number of hydrogen-bond donors (Lipinski definition) is 0. The second-order valence-corrected chi connectivity index (χ2v) is 7.82. The Labute approximate surface area is 165 Å². The van der Waals surface area contributed by atoms with E-state index in [4.69, 9.17) is 25.5 Å². The summed E-state index contributed by atoms with van der Waals surface area (Å²) >= 11 is 9.56. The molecule has 1 aliphatic rings. The first-order chi connectivity index (χ1) is 12.6. The number of methoxy groups -OCH3 is 1. The number of fused-ring (bicyclic) bond motifs is 1. The largest absolute Gasteiger partial charge is 0.493 e. The van der Waals surface area contributed by atoms with Gasteiger partial charge in [-0.3, -0.25) is 0 Å². The van der Waals surface area contributed by atoms with Crippen molar-refractivity contribution in [2.24, 2.45) is 0 Å². The van der Waals surface area contributed by atoms with Crippen molar-refractivity contribution in [1.82, 2.24) is 4.98 Å². The Balaban J connectivity index is 1.60. The normalized spacial score (nSPS) is 14.9. The number of halogens is 2. The van der Waals surface area contributed by atoms with Crippen molar-refractivity contribution >= 4 is 38.6 Å². The lowest BCUT2D eigenvalue weighted by molar-refractivity contribution is 0.200. The highest BCUT2D eigenvalue weighted by atomic mass is 79.9. The van der Waals surface area contributed by atoms with Crippen LogP contribution in [0.2, 0.25) is 5.02 Å². The van der Waals surface area contributed by atoms with E-state index < -0.39 is 0 Å². The lowest BCUT2D eigenvalue weighted by Gasteiger charge is -2.16. The van der Waals surface area contributed by atoms with E-state index in [0.29, 0.717) is 22.9 Å². The van der Waals surface area contributed by atoms with Crippen LogP contribution >= 0.6 is 27.5 Å². The van der Waals surface area contributed by atoms with E-state index in [0.717, 1.165) is 39.9 Å². The summed E-state index contributed by atoms with van der Waals surface area (Å²) in [7, 11) is 1.67. The van der Waals surface area contributed by atoms with Crippen molar-refractivity contribution in [3.8, 4) is 11.5 Å². The fourth-order valence-corrected chi connectivity index (χ4v) is 4.24. The highest BCUT2D eigenvalue weighted by molar-refractivity contribution is 9.10. The number of ether oxygens (including phenoxy) is 2. The first-order valence-corrected chi connectivity index (χ1v) is 9.87. The van der Waals surface area contributed by atoms with Crippen LogP contribution in [0.1, 0.15) is 37.1 Å². The molecule has 1 aliphatic carbocycles. The number of oxazole rings is 1. The predicted molar refractivity (Wildman–Crippen MR) is 105 cm³/mol. The van der Waals surface area contributed by atoms with Gasteiger partial charge in [0.05, 0.1) is 17.7 Å². The molecule has 1 heterocycles. The summed E-state index contributed by atoms with van der Waals surface area (Å²) in [5, 5.41) is 0.626. The number of benzene rings is 2. The number of nitrogens with zero attached hydrogens (tertiary/aromatic N) is 1. The average Bonchev–Trinajstić information content (AvgIpc) is 3.25. The third kappa shape index (κ3) is 3.69. The monoisotopic (exact) mass is 435 g/mol. The molecule has 4 nitrogen and oxygen atoms in total. The third-order valence-corrected chi connectivity index (χ3v) is 5.44. The Morgan fingerprint density at radius 1 is 1.19 bits per heavy atom. The molecule has 3 aromatic rings. The molecule has 1 fully saturated rings. The fourth-order valence-electron chi connectivity index (χ4n) is 3.37. The lowest BCUT2D eigenvalue weighted by atomic mass is 10.1. The Bertz CT molecular complexity index is 934. The second-order valence-electron chi connectivity index (χ2n) is 6.53. The quantitative estimate of drug-likeness (QED) is 0.480. The maximum absolute atomic E-state index is 6.17. The minimum absolute atomic E-state index is 0.279. The molecule has 0 saturated heterocycles. The van der Waals surface area contributed by atoms with Crippen molar-refractivity contribution in [3.05, 3.63) is 51.3 Å². The van der Waals surface area contributed by atoms with Crippen molar-refractivity contribution < 1.29 is 13.9 Å². The van der Waals surface area contributed by atoms with E-state index in [1.165, 1.54) is 12.8 Å². The number of aromatic nitrogens is 1. The summed E-state index contributed by atoms with van der Waals surface area (Å²) < 4.78 is 18.3. The minimum atomic E-state index is 0.279. The van der Waals surface area contributed by atoms with E-state index in [1.807, 2.05) is 18.2 Å². The highest BCUT2D eigenvalue weighted by Gasteiger charge is 2.19. The van der Waals surface area contributed by atoms with Crippen LogP contribution in [0.15, 0.2) is 39.2 Å². The summed E-state index contributed by atoms with van der Waals surface area (Å²) in [4.78, 5) is 4.55. The molecule has 1 saturated carbocycles. The van der Waals surface area contributed by atoms with E-state index in [9.17, 15) is 0 Å². The Morgan fingerprint density at radius 2 is 2.00 bits per heavy atom. The van der Waals surface area contributed by atoms with Gasteiger partial charge in [-0.05, 0) is 71.4 Å². The van der Waals surface area contributed by atoms with Gasteiger partial charge in [-0.15, -0.1) is 0 Å². The van der Waals surface area contributed by atoms with Crippen molar-refractivity contribution in [3.63, 3.8) is 0 Å². The summed E-state index contributed by atoms with van der Waals surface area (Å²) in [6.07, 6.45) is 5.52. The molecular formula is C20H19BrClNO3. The Kier molecular flexibility index (Phi) is 5.09. The average molecular weight is 437 g/mol. The standard InChI is InChI=1S/C20H19BrClNO3/c1-24-17-7-6-12(8-18(17)25-14-4-2-3-5-14)9-19-23-16-11-13(22)10-15(21)20(16)26-19/h6-8,10-11,14H,2-5,9H2,1H3. The zero-order chi connectivity index (χ0) is 18.1. The SMILES string of the molecule is COc1ccc(Cc2nc3cc(Cl)cc(Br)c3o2)cc1OC1CCCC1. The van der Waals surface area contributed by atoms with Gasteiger partial charge < -0.3 is 13.9 Å². The Hall–Kier alpha value is -1.72.